The first-order valence-corrected chi connectivity index (χ1v) is 6.43. The van der Waals surface area contributed by atoms with Crippen LogP contribution in [0.3, 0.4) is 0 Å². The second-order valence-corrected chi connectivity index (χ2v) is 4.27. The summed E-state index contributed by atoms with van der Waals surface area (Å²) in [5.74, 6) is 1.45. The molecule has 0 amide bonds. The van der Waals surface area contributed by atoms with Crippen molar-refractivity contribution >= 4 is 11.7 Å². The Hall–Kier alpha value is -2.47. The number of aliphatic hydroxyl groups excluding tert-OH is 1. The van der Waals surface area contributed by atoms with E-state index in [-0.39, 0.29) is 13.2 Å². The van der Waals surface area contributed by atoms with Crippen LogP contribution in [-0.4, -0.2) is 24.8 Å². The maximum atomic E-state index is 11.0. The molecule has 0 aliphatic heterocycles. The van der Waals surface area contributed by atoms with Crippen LogP contribution < -0.4 is 10.1 Å². The molecule has 0 atom stereocenters. The monoisotopic (exact) mass is 291 g/mol. The van der Waals surface area contributed by atoms with E-state index in [0.29, 0.717) is 18.1 Å². The SMILES string of the molecule is COC(=O)COc1ccc(NCc2ccc(CO)o2)cc1. The fourth-order valence-electron chi connectivity index (χ4n) is 1.66. The Morgan fingerprint density at radius 3 is 2.52 bits per heavy atom. The molecule has 2 N–H and O–H groups in total. The molecule has 0 radical (unpaired) electrons. The molecule has 0 saturated heterocycles. The zero-order valence-corrected chi connectivity index (χ0v) is 11.7. The number of carbonyl (C=O) groups excluding carboxylic acids is 1. The first kappa shape index (κ1) is 14.9. The summed E-state index contributed by atoms with van der Waals surface area (Å²) in [7, 11) is 1.32. The maximum absolute atomic E-state index is 11.0. The van der Waals surface area contributed by atoms with Gasteiger partial charge in [0, 0.05) is 5.69 Å². The fraction of sp³-hybridized carbons (Fsp3) is 0.267. The number of aliphatic hydroxyl groups is 1. The summed E-state index contributed by atoms with van der Waals surface area (Å²) >= 11 is 0. The van der Waals surface area contributed by atoms with Gasteiger partial charge in [0.2, 0.25) is 0 Å². The van der Waals surface area contributed by atoms with E-state index in [1.807, 2.05) is 18.2 Å². The van der Waals surface area contributed by atoms with Gasteiger partial charge in [-0.3, -0.25) is 0 Å². The molecule has 0 fully saturated rings. The second kappa shape index (κ2) is 7.35. The summed E-state index contributed by atoms with van der Waals surface area (Å²) in [6.07, 6.45) is 0. The molecular formula is C15H17NO5. The normalized spacial score (nSPS) is 10.2. The van der Waals surface area contributed by atoms with Gasteiger partial charge < -0.3 is 24.3 Å². The van der Waals surface area contributed by atoms with Crippen molar-refractivity contribution in [3.63, 3.8) is 0 Å². The lowest BCUT2D eigenvalue weighted by Crippen LogP contribution is -2.12. The number of benzene rings is 1. The lowest BCUT2D eigenvalue weighted by atomic mass is 10.3. The predicted molar refractivity (Wildman–Crippen MR) is 75.9 cm³/mol. The second-order valence-electron chi connectivity index (χ2n) is 4.27. The molecule has 6 nitrogen and oxygen atoms in total. The molecule has 1 heterocycles. The predicted octanol–water partition coefficient (Wildman–Crippen LogP) is 1.94. The highest BCUT2D eigenvalue weighted by molar-refractivity contribution is 5.70. The minimum absolute atomic E-state index is 0.105. The van der Waals surface area contributed by atoms with Crippen molar-refractivity contribution in [1.82, 2.24) is 0 Å². The average Bonchev–Trinajstić information content (AvgIpc) is 2.99. The largest absolute Gasteiger partial charge is 0.482 e. The van der Waals surface area contributed by atoms with Gasteiger partial charge in [0.25, 0.3) is 0 Å². The minimum atomic E-state index is -0.422. The fourth-order valence-corrected chi connectivity index (χ4v) is 1.66. The van der Waals surface area contributed by atoms with Gasteiger partial charge in [0.1, 0.15) is 23.9 Å². The van der Waals surface area contributed by atoms with Crippen LogP contribution in [-0.2, 0) is 22.7 Å². The summed E-state index contributed by atoms with van der Waals surface area (Å²) in [5, 5.41) is 12.1. The molecule has 2 rings (SSSR count). The first-order valence-electron chi connectivity index (χ1n) is 6.43. The van der Waals surface area contributed by atoms with Crippen LogP contribution in [0.1, 0.15) is 11.5 Å². The van der Waals surface area contributed by atoms with Gasteiger partial charge in [0.05, 0.1) is 13.7 Å². The zero-order chi connectivity index (χ0) is 15.1. The minimum Gasteiger partial charge on any atom is -0.482 e. The summed E-state index contributed by atoms with van der Waals surface area (Å²) in [6, 6.07) is 10.7. The molecule has 0 unspecified atom stereocenters. The molecule has 112 valence electrons. The van der Waals surface area contributed by atoms with Crippen LogP contribution in [0, 0.1) is 0 Å². The van der Waals surface area contributed by atoms with E-state index < -0.39 is 5.97 Å². The van der Waals surface area contributed by atoms with Crippen molar-refractivity contribution in [2.24, 2.45) is 0 Å². The van der Waals surface area contributed by atoms with Crippen LogP contribution in [0.4, 0.5) is 5.69 Å². The van der Waals surface area contributed by atoms with Crippen molar-refractivity contribution in [2.45, 2.75) is 13.2 Å². The van der Waals surface area contributed by atoms with Crippen molar-refractivity contribution in [3.05, 3.63) is 47.9 Å². The van der Waals surface area contributed by atoms with E-state index in [0.717, 1.165) is 11.4 Å². The number of rotatable bonds is 7. The Bertz CT molecular complexity index is 576. The third-order valence-corrected chi connectivity index (χ3v) is 2.78. The van der Waals surface area contributed by atoms with Crippen LogP contribution in [0.15, 0.2) is 40.8 Å². The summed E-state index contributed by atoms with van der Waals surface area (Å²) in [4.78, 5) is 11.0. The Balaban J connectivity index is 1.83. The highest BCUT2D eigenvalue weighted by Crippen LogP contribution is 2.17. The van der Waals surface area contributed by atoms with E-state index >= 15 is 0 Å². The number of ether oxygens (including phenoxy) is 2. The van der Waals surface area contributed by atoms with Gasteiger partial charge in [-0.1, -0.05) is 0 Å². The van der Waals surface area contributed by atoms with E-state index in [1.165, 1.54) is 7.11 Å². The molecule has 0 saturated carbocycles. The molecule has 1 aromatic carbocycles. The maximum Gasteiger partial charge on any atom is 0.343 e. The molecule has 0 spiro atoms. The third-order valence-electron chi connectivity index (χ3n) is 2.78. The van der Waals surface area contributed by atoms with Crippen molar-refractivity contribution < 1.29 is 23.8 Å². The summed E-state index contributed by atoms with van der Waals surface area (Å²) in [6.45, 7) is 0.300. The Morgan fingerprint density at radius 2 is 1.90 bits per heavy atom. The first-order chi connectivity index (χ1) is 10.2. The molecule has 1 aromatic heterocycles. The molecule has 2 aromatic rings. The molecule has 6 heteroatoms. The lowest BCUT2D eigenvalue weighted by molar-refractivity contribution is -0.142. The van der Waals surface area contributed by atoms with Crippen molar-refractivity contribution in [3.8, 4) is 5.75 Å². The Labute approximate surface area is 122 Å². The molecule has 0 aliphatic carbocycles. The van der Waals surface area contributed by atoms with Gasteiger partial charge in [-0.15, -0.1) is 0 Å². The van der Waals surface area contributed by atoms with Gasteiger partial charge in [0.15, 0.2) is 6.61 Å². The highest BCUT2D eigenvalue weighted by Gasteiger charge is 2.03. The van der Waals surface area contributed by atoms with Crippen LogP contribution in [0.25, 0.3) is 0 Å². The Morgan fingerprint density at radius 1 is 1.19 bits per heavy atom. The molecule has 0 aliphatic rings. The lowest BCUT2D eigenvalue weighted by Gasteiger charge is -2.07. The number of hydrogen-bond donors (Lipinski definition) is 2. The smallest absolute Gasteiger partial charge is 0.343 e. The highest BCUT2D eigenvalue weighted by atomic mass is 16.6. The topological polar surface area (TPSA) is 80.9 Å². The van der Waals surface area contributed by atoms with Gasteiger partial charge in [-0.05, 0) is 36.4 Å². The van der Waals surface area contributed by atoms with Crippen molar-refractivity contribution in [1.29, 1.82) is 0 Å². The zero-order valence-electron chi connectivity index (χ0n) is 11.7. The quantitative estimate of drug-likeness (QED) is 0.759. The van der Waals surface area contributed by atoms with E-state index in [9.17, 15) is 4.79 Å². The number of methoxy groups -OCH3 is 1. The molecule has 21 heavy (non-hydrogen) atoms. The number of hydrogen-bond acceptors (Lipinski definition) is 6. The van der Waals surface area contributed by atoms with Gasteiger partial charge >= 0.3 is 5.97 Å². The van der Waals surface area contributed by atoms with E-state index in [1.54, 1.807) is 18.2 Å². The van der Waals surface area contributed by atoms with Crippen molar-refractivity contribution in [2.75, 3.05) is 19.0 Å². The number of anilines is 1. The molecular weight excluding hydrogens is 274 g/mol. The standard InChI is InChI=1S/C15H17NO5/c1-19-15(18)10-20-12-4-2-11(3-5-12)16-8-13-6-7-14(9-17)21-13/h2-7,16-17H,8-10H2,1H3. The third kappa shape index (κ3) is 4.54. The van der Waals surface area contributed by atoms with Crippen LogP contribution in [0.2, 0.25) is 0 Å². The average molecular weight is 291 g/mol. The number of esters is 1. The van der Waals surface area contributed by atoms with Crippen LogP contribution >= 0.6 is 0 Å². The number of carbonyl (C=O) groups is 1. The van der Waals surface area contributed by atoms with Gasteiger partial charge in [-0.25, -0.2) is 4.79 Å². The number of furan rings is 1. The Kier molecular flexibility index (Phi) is 5.22. The number of nitrogens with one attached hydrogen (secondary N) is 1. The van der Waals surface area contributed by atoms with Gasteiger partial charge in [-0.2, -0.15) is 0 Å². The summed E-state index contributed by atoms with van der Waals surface area (Å²) < 4.78 is 15.1. The van der Waals surface area contributed by atoms with E-state index in [4.69, 9.17) is 14.3 Å². The van der Waals surface area contributed by atoms with Crippen LogP contribution in [0.5, 0.6) is 5.75 Å². The summed E-state index contributed by atoms with van der Waals surface area (Å²) in [5.41, 5.74) is 0.891. The molecule has 0 bridgehead atoms. The van der Waals surface area contributed by atoms with E-state index in [2.05, 4.69) is 10.1 Å².